The smallest absolute Gasteiger partial charge is 0.386 e. The van der Waals surface area contributed by atoms with Crippen molar-refractivity contribution in [3.8, 4) is 0 Å². The van der Waals surface area contributed by atoms with Crippen molar-refractivity contribution in [2.45, 2.75) is 52.4 Å². The number of carbonyl (C=O) groups is 3. The Morgan fingerprint density at radius 1 is 0.722 bits per heavy atom. The van der Waals surface area contributed by atoms with Gasteiger partial charge in [-0.05, 0) is 12.8 Å². The van der Waals surface area contributed by atoms with E-state index in [-0.39, 0.29) is 13.2 Å². The minimum atomic E-state index is -1.22. The predicted molar refractivity (Wildman–Crippen MR) is 66.0 cm³/mol. The Kier molecular flexibility index (Phi) is 9.91. The molecule has 104 valence electrons. The van der Waals surface area contributed by atoms with Gasteiger partial charge in [0.1, 0.15) is 0 Å². The molecule has 0 aliphatic heterocycles. The SMILES string of the molecule is CCCCCOC(=O)C(=O)C(=O)OCCCCC. The fourth-order valence-corrected chi connectivity index (χ4v) is 1.25. The molecule has 0 saturated heterocycles. The summed E-state index contributed by atoms with van der Waals surface area (Å²) in [7, 11) is 0. The molecule has 0 aliphatic carbocycles. The topological polar surface area (TPSA) is 69.7 Å². The Morgan fingerprint density at radius 3 is 1.44 bits per heavy atom. The number of unbranched alkanes of at least 4 members (excludes halogenated alkanes) is 4. The number of Topliss-reactive ketones (excluding diaryl/α,β-unsaturated/α-hetero) is 1. The molecule has 18 heavy (non-hydrogen) atoms. The molecule has 0 atom stereocenters. The monoisotopic (exact) mass is 258 g/mol. The van der Waals surface area contributed by atoms with Crippen molar-refractivity contribution in [1.29, 1.82) is 0 Å². The highest BCUT2D eigenvalue weighted by atomic mass is 16.6. The molecule has 0 N–H and O–H groups in total. The van der Waals surface area contributed by atoms with Gasteiger partial charge in [0.05, 0.1) is 13.2 Å². The third-order valence-electron chi connectivity index (χ3n) is 2.33. The summed E-state index contributed by atoms with van der Waals surface area (Å²) in [5, 5.41) is 0. The van der Waals surface area contributed by atoms with Crippen molar-refractivity contribution < 1.29 is 23.9 Å². The van der Waals surface area contributed by atoms with Gasteiger partial charge < -0.3 is 9.47 Å². The van der Waals surface area contributed by atoms with Crippen LogP contribution in [0.3, 0.4) is 0 Å². The minimum Gasteiger partial charge on any atom is -0.460 e. The van der Waals surface area contributed by atoms with Gasteiger partial charge in [0.2, 0.25) is 0 Å². The van der Waals surface area contributed by atoms with Gasteiger partial charge in [-0.25, -0.2) is 9.59 Å². The van der Waals surface area contributed by atoms with Crippen LogP contribution in [0.2, 0.25) is 0 Å². The molecule has 0 bridgehead atoms. The molecule has 0 saturated carbocycles. The third kappa shape index (κ3) is 7.81. The van der Waals surface area contributed by atoms with Crippen molar-refractivity contribution in [1.82, 2.24) is 0 Å². The lowest BCUT2D eigenvalue weighted by Gasteiger charge is -2.04. The summed E-state index contributed by atoms with van der Waals surface area (Å²) in [5.74, 6) is -3.46. The molecule has 0 unspecified atom stereocenters. The lowest BCUT2D eigenvalue weighted by molar-refractivity contribution is -0.164. The summed E-state index contributed by atoms with van der Waals surface area (Å²) in [5.41, 5.74) is 0. The standard InChI is InChI=1S/C13H22O5/c1-3-5-7-9-17-12(15)11(14)13(16)18-10-8-6-4-2/h3-10H2,1-2H3. The van der Waals surface area contributed by atoms with E-state index in [1.54, 1.807) is 0 Å². The zero-order valence-corrected chi connectivity index (χ0v) is 11.2. The fourth-order valence-electron chi connectivity index (χ4n) is 1.25. The van der Waals surface area contributed by atoms with E-state index >= 15 is 0 Å². The maximum Gasteiger partial charge on any atom is 0.386 e. The van der Waals surface area contributed by atoms with Crippen LogP contribution in [0.1, 0.15) is 52.4 Å². The molecular formula is C13H22O5. The molecule has 0 aromatic heterocycles. The van der Waals surface area contributed by atoms with Crippen LogP contribution in [0.5, 0.6) is 0 Å². The van der Waals surface area contributed by atoms with Crippen molar-refractivity contribution in [3.05, 3.63) is 0 Å². The summed E-state index contributed by atoms with van der Waals surface area (Å²) >= 11 is 0. The van der Waals surface area contributed by atoms with E-state index in [2.05, 4.69) is 9.47 Å². The van der Waals surface area contributed by atoms with Crippen LogP contribution in [0.25, 0.3) is 0 Å². The van der Waals surface area contributed by atoms with Crippen LogP contribution in [-0.2, 0) is 23.9 Å². The lowest BCUT2D eigenvalue weighted by Crippen LogP contribution is -2.28. The number of ether oxygens (including phenoxy) is 2. The Hall–Kier alpha value is -1.39. The highest BCUT2D eigenvalue weighted by Crippen LogP contribution is 1.97. The second-order valence-corrected chi connectivity index (χ2v) is 4.02. The molecule has 0 amide bonds. The number of ketones is 1. The minimum absolute atomic E-state index is 0.168. The van der Waals surface area contributed by atoms with Crippen LogP contribution < -0.4 is 0 Å². The van der Waals surface area contributed by atoms with Gasteiger partial charge in [0.25, 0.3) is 0 Å². The molecule has 0 radical (unpaired) electrons. The van der Waals surface area contributed by atoms with E-state index in [1.165, 1.54) is 0 Å². The largest absolute Gasteiger partial charge is 0.460 e. The summed E-state index contributed by atoms with van der Waals surface area (Å²) in [6.07, 6.45) is 5.21. The molecule has 0 rings (SSSR count). The van der Waals surface area contributed by atoms with Gasteiger partial charge in [-0.15, -0.1) is 0 Å². The predicted octanol–water partition coefficient (Wildman–Crippen LogP) is 2.02. The van der Waals surface area contributed by atoms with E-state index in [0.29, 0.717) is 12.8 Å². The first-order valence-corrected chi connectivity index (χ1v) is 6.51. The molecule has 0 aromatic carbocycles. The second-order valence-electron chi connectivity index (χ2n) is 4.02. The average molecular weight is 258 g/mol. The van der Waals surface area contributed by atoms with Gasteiger partial charge in [-0.1, -0.05) is 39.5 Å². The molecule has 0 aliphatic rings. The normalized spacial score (nSPS) is 9.89. The number of rotatable bonds is 10. The zero-order valence-electron chi connectivity index (χ0n) is 11.2. The number of carbonyl (C=O) groups excluding carboxylic acids is 3. The van der Waals surface area contributed by atoms with Crippen molar-refractivity contribution in [2.24, 2.45) is 0 Å². The highest BCUT2D eigenvalue weighted by Gasteiger charge is 2.25. The van der Waals surface area contributed by atoms with Gasteiger partial charge >= 0.3 is 17.7 Å². The van der Waals surface area contributed by atoms with E-state index in [1.807, 2.05) is 13.8 Å². The van der Waals surface area contributed by atoms with E-state index < -0.39 is 17.7 Å². The number of esters is 2. The molecule has 0 aromatic rings. The van der Waals surface area contributed by atoms with Gasteiger partial charge in [0.15, 0.2) is 0 Å². The summed E-state index contributed by atoms with van der Waals surface area (Å²) in [6.45, 7) is 4.37. The highest BCUT2D eigenvalue weighted by molar-refractivity contribution is 6.60. The maximum atomic E-state index is 11.2. The van der Waals surface area contributed by atoms with Gasteiger partial charge in [-0.3, -0.25) is 4.79 Å². The fraction of sp³-hybridized carbons (Fsp3) is 0.769. The number of hydrogen-bond acceptors (Lipinski definition) is 5. The Morgan fingerprint density at radius 2 is 1.11 bits per heavy atom. The molecule has 0 fully saturated rings. The average Bonchev–Trinajstić information content (AvgIpc) is 2.38. The Bertz CT molecular complexity index is 247. The Balaban J connectivity index is 3.76. The zero-order chi connectivity index (χ0) is 13.8. The second kappa shape index (κ2) is 10.7. The molecule has 0 spiro atoms. The summed E-state index contributed by atoms with van der Waals surface area (Å²) < 4.78 is 9.33. The van der Waals surface area contributed by atoms with Crippen LogP contribution in [0.4, 0.5) is 0 Å². The van der Waals surface area contributed by atoms with E-state index in [4.69, 9.17) is 0 Å². The first-order valence-electron chi connectivity index (χ1n) is 6.51. The van der Waals surface area contributed by atoms with Crippen molar-refractivity contribution in [3.63, 3.8) is 0 Å². The molecule has 5 nitrogen and oxygen atoms in total. The van der Waals surface area contributed by atoms with E-state index in [0.717, 1.165) is 25.7 Å². The molecule has 5 heteroatoms. The van der Waals surface area contributed by atoms with Crippen molar-refractivity contribution >= 4 is 17.7 Å². The van der Waals surface area contributed by atoms with E-state index in [9.17, 15) is 14.4 Å². The van der Waals surface area contributed by atoms with Crippen LogP contribution >= 0.6 is 0 Å². The molecule has 0 heterocycles. The summed E-state index contributed by atoms with van der Waals surface area (Å²) in [4.78, 5) is 33.5. The van der Waals surface area contributed by atoms with Gasteiger partial charge in [-0.2, -0.15) is 0 Å². The summed E-state index contributed by atoms with van der Waals surface area (Å²) in [6, 6.07) is 0. The number of hydrogen-bond donors (Lipinski definition) is 0. The lowest BCUT2D eigenvalue weighted by atomic mass is 10.3. The Labute approximate surface area is 108 Å². The quantitative estimate of drug-likeness (QED) is 0.259. The molecular weight excluding hydrogens is 236 g/mol. The van der Waals surface area contributed by atoms with Gasteiger partial charge in [0, 0.05) is 0 Å². The third-order valence-corrected chi connectivity index (χ3v) is 2.33. The first kappa shape index (κ1) is 16.6. The van der Waals surface area contributed by atoms with Crippen LogP contribution in [0, 0.1) is 0 Å². The van der Waals surface area contributed by atoms with Crippen LogP contribution in [-0.4, -0.2) is 30.9 Å². The van der Waals surface area contributed by atoms with Crippen LogP contribution in [0.15, 0.2) is 0 Å². The maximum absolute atomic E-state index is 11.2. The van der Waals surface area contributed by atoms with Crippen molar-refractivity contribution in [2.75, 3.05) is 13.2 Å². The first-order chi connectivity index (χ1) is 8.63.